The summed E-state index contributed by atoms with van der Waals surface area (Å²) in [5.74, 6) is -1.22. The summed E-state index contributed by atoms with van der Waals surface area (Å²) in [7, 11) is 2.72. The van der Waals surface area contributed by atoms with E-state index in [4.69, 9.17) is 28.0 Å². The van der Waals surface area contributed by atoms with Crippen molar-refractivity contribution in [3.8, 4) is 0 Å². The van der Waals surface area contributed by atoms with Gasteiger partial charge in [0.15, 0.2) is 0 Å². The number of amides is 1. The highest BCUT2D eigenvalue weighted by Crippen LogP contribution is 2.31. The Kier molecular flexibility index (Phi) is 8.47. The maximum absolute atomic E-state index is 13.0. The van der Waals surface area contributed by atoms with Crippen LogP contribution in [0.4, 0.5) is 13.2 Å². The Morgan fingerprint density at radius 3 is 2.48 bits per heavy atom. The number of carbonyl (C=O) groups excluding carboxylic acids is 2. The molecule has 0 radical (unpaired) electrons. The second-order valence-corrected chi connectivity index (χ2v) is 7.45. The monoisotopic (exact) mass is 474 g/mol. The fourth-order valence-corrected chi connectivity index (χ4v) is 3.28. The van der Waals surface area contributed by atoms with Crippen LogP contribution in [0.5, 0.6) is 0 Å². The molecule has 10 heteroatoms. The molecule has 1 amide bonds. The molecule has 31 heavy (non-hydrogen) atoms. The van der Waals surface area contributed by atoms with Crippen molar-refractivity contribution in [1.29, 1.82) is 0 Å². The van der Waals surface area contributed by atoms with Crippen molar-refractivity contribution in [1.82, 2.24) is 4.90 Å². The van der Waals surface area contributed by atoms with Gasteiger partial charge in [0.2, 0.25) is 0 Å². The minimum Gasteiger partial charge on any atom is -0.399 e. The van der Waals surface area contributed by atoms with Crippen LogP contribution in [-0.2, 0) is 15.8 Å². The van der Waals surface area contributed by atoms with Crippen molar-refractivity contribution in [3.05, 3.63) is 69.2 Å². The second kappa shape index (κ2) is 10.6. The van der Waals surface area contributed by atoms with E-state index in [0.29, 0.717) is 22.6 Å². The summed E-state index contributed by atoms with van der Waals surface area (Å²) in [6.45, 7) is -0.0956. The second-order valence-electron chi connectivity index (χ2n) is 6.63. The zero-order valence-electron chi connectivity index (χ0n) is 16.6. The summed E-state index contributed by atoms with van der Waals surface area (Å²) in [4.78, 5) is 30.1. The molecular formula is C21H19Cl2F3N2O3. The van der Waals surface area contributed by atoms with E-state index >= 15 is 0 Å². The van der Waals surface area contributed by atoms with Gasteiger partial charge in [0.05, 0.1) is 27.9 Å². The smallest absolute Gasteiger partial charge is 0.399 e. The first kappa shape index (κ1) is 24.7. The number of hydrogen-bond acceptors (Lipinski definition) is 4. The van der Waals surface area contributed by atoms with Crippen LogP contribution in [0.15, 0.2) is 47.6 Å². The van der Waals surface area contributed by atoms with Crippen LogP contribution in [0.2, 0.25) is 10.0 Å². The van der Waals surface area contributed by atoms with Crippen LogP contribution in [-0.4, -0.2) is 43.5 Å². The van der Waals surface area contributed by atoms with Gasteiger partial charge in [-0.25, -0.2) is 0 Å². The Hall–Kier alpha value is -2.58. The minimum atomic E-state index is -4.57. The number of hydrogen-bond donors (Lipinski definition) is 0. The van der Waals surface area contributed by atoms with Crippen molar-refractivity contribution >= 4 is 41.1 Å². The van der Waals surface area contributed by atoms with Crippen LogP contribution < -0.4 is 0 Å². The number of rotatable bonds is 8. The van der Waals surface area contributed by atoms with E-state index in [1.54, 1.807) is 18.2 Å². The quantitative estimate of drug-likeness (QED) is 0.290. The van der Waals surface area contributed by atoms with Crippen LogP contribution in [0.3, 0.4) is 0 Å². The number of alkyl halides is 3. The van der Waals surface area contributed by atoms with Gasteiger partial charge >= 0.3 is 6.18 Å². The molecule has 1 unspecified atom stereocenters. The summed E-state index contributed by atoms with van der Waals surface area (Å²) in [5.41, 5.74) is -0.115. The van der Waals surface area contributed by atoms with Gasteiger partial charge in [-0.1, -0.05) is 40.5 Å². The number of nitrogens with zero attached hydrogens (tertiary/aromatic N) is 2. The van der Waals surface area contributed by atoms with E-state index in [-0.39, 0.29) is 23.6 Å². The fourth-order valence-electron chi connectivity index (χ4n) is 2.97. The first-order valence-electron chi connectivity index (χ1n) is 8.99. The van der Waals surface area contributed by atoms with E-state index in [0.717, 1.165) is 12.1 Å². The molecule has 166 valence electrons. The molecule has 5 nitrogen and oxygen atoms in total. The minimum absolute atomic E-state index is 0.0196. The van der Waals surface area contributed by atoms with Gasteiger partial charge in [0, 0.05) is 24.9 Å². The van der Waals surface area contributed by atoms with Gasteiger partial charge in [-0.2, -0.15) is 13.2 Å². The maximum Gasteiger partial charge on any atom is 0.416 e. The maximum atomic E-state index is 13.0. The van der Waals surface area contributed by atoms with Gasteiger partial charge in [-0.05, 0) is 35.9 Å². The molecule has 0 aromatic heterocycles. The third kappa shape index (κ3) is 6.45. The molecular weight excluding hydrogens is 456 g/mol. The van der Waals surface area contributed by atoms with Crippen molar-refractivity contribution in [2.24, 2.45) is 5.16 Å². The van der Waals surface area contributed by atoms with Gasteiger partial charge < -0.3 is 14.5 Å². The number of oxime groups is 1. The first-order chi connectivity index (χ1) is 14.6. The van der Waals surface area contributed by atoms with Gasteiger partial charge in [-0.15, -0.1) is 0 Å². The normalized spacial score (nSPS) is 12.9. The van der Waals surface area contributed by atoms with E-state index in [1.807, 2.05) is 0 Å². The molecule has 2 aromatic rings. The molecule has 0 N–H and O–H groups in total. The van der Waals surface area contributed by atoms with Gasteiger partial charge in [-0.3, -0.25) is 4.79 Å². The molecule has 1 atom stereocenters. The Labute approximate surface area is 187 Å². The predicted molar refractivity (Wildman–Crippen MR) is 113 cm³/mol. The number of halogens is 5. The van der Waals surface area contributed by atoms with Crippen molar-refractivity contribution in [2.45, 2.75) is 18.5 Å². The van der Waals surface area contributed by atoms with Crippen LogP contribution in [0.1, 0.15) is 33.8 Å². The molecule has 0 saturated heterocycles. The average molecular weight is 475 g/mol. The first-order valence-corrected chi connectivity index (χ1v) is 9.75. The lowest BCUT2D eigenvalue weighted by atomic mass is 9.91. The summed E-state index contributed by atoms with van der Waals surface area (Å²) < 4.78 is 38.9. The highest BCUT2D eigenvalue weighted by molar-refractivity contribution is 6.42. The van der Waals surface area contributed by atoms with E-state index in [2.05, 4.69) is 5.16 Å². The Bertz CT molecular complexity index is 981. The lowest BCUT2D eigenvalue weighted by molar-refractivity contribution is -0.137. The zero-order valence-corrected chi connectivity index (χ0v) is 18.1. The Balaban J connectivity index is 2.32. The predicted octanol–water partition coefficient (Wildman–Crippen LogP) is 5.46. The molecule has 0 aliphatic heterocycles. The third-order valence-electron chi connectivity index (χ3n) is 4.47. The SMILES string of the molecule is CO/N=C(/CN(C)C(=O)c1cccc(C(F)(F)F)c1)C(CC=O)c1ccc(Cl)c(Cl)c1. The number of aldehydes is 1. The molecule has 0 aliphatic carbocycles. The highest BCUT2D eigenvalue weighted by Gasteiger charge is 2.31. The summed E-state index contributed by atoms with van der Waals surface area (Å²) in [6.07, 6.45) is -3.86. The molecule has 0 spiro atoms. The summed E-state index contributed by atoms with van der Waals surface area (Å²) in [5, 5.41) is 4.56. The topological polar surface area (TPSA) is 59.0 Å². The third-order valence-corrected chi connectivity index (χ3v) is 5.21. The lowest BCUT2D eigenvalue weighted by Gasteiger charge is -2.23. The zero-order chi connectivity index (χ0) is 23.2. The van der Waals surface area contributed by atoms with Crippen LogP contribution >= 0.6 is 23.2 Å². The van der Waals surface area contributed by atoms with Crippen molar-refractivity contribution < 1.29 is 27.6 Å². The molecule has 0 saturated carbocycles. The van der Waals surface area contributed by atoms with Crippen LogP contribution in [0.25, 0.3) is 0 Å². The molecule has 2 rings (SSSR count). The average Bonchev–Trinajstić information content (AvgIpc) is 2.72. The van der Waals surface area contributed by atoms with E-state index < -0.39 is 23.6 Å². The molecule has 0 fully saturated rings. The number of carbonyl (C=O) groups is 2. The Morgan fingerprint density at radius 2 is 1.90 bits per heavy atom. The lowest BCUT2D eigenvalue weighted by Crippen LogP contribution is -2.35. The Morgan fingerprint density at radius 1 is 1.19 bits per heavy atom. The number of benzene rings is 2. The summed E-state index contributed by atoms with van der Waals surface area (Å²) in [6, 6.07) is 8.95. The van der Waals surface area contributed by atoms with Crippen molar-refractivity contribution in [3.63, 3.8) is 0 Å². The van der Waals surface area contributed by atoms with Gasteiger partial charge in [0.25, 0.3) is 5.91 Å². The molecule has 0 aliphatic rings. The molecule has 2 aromatic carbocycles. The molecule has 0 bridgehead atoms. The van der Waals surface area contributed by atoms with E-state index in [1.165, 1.54) is 31.2 Å². The van der Waals surface area contributed by atoms with Crippen molar-refractivity contribution in [2.75, 3.05) is 20.7 Å². The largest absolute Gasteiger partial charge is 0.416 e. The fraction of sp³-hybridized carbons (Fsp3) is 0.286. The summed E-state index contributed by atoms with van der Waals surface area (Å²) >= 11 is 12.0. The highest BCUT2D eigenvalue weighted by atomic mass is 35.5. The standard InChI is InChI=1S/C21H19Cl2F3N2O3/c1-28(20(30)14-4-3-5-15(10-14)21(24,25)26)12-19(27-31-2)16(8-9-29)13-6-7-17(22)18(23)11-13/h3-7,9-11,16H,8,12H2,1-2H3/b27-19-. The molecule has 0 heterocycles. The van der Waals surface area contributed by atoms with E-state index in [9.17, 15) is 22.8 Å². The van der Waals surface area contributed by atoms with Gasteiger partial charge in [0.1, 0.15) is 13.4 Å². The van der Waals surface area contributed by atoms with Crippen LogP contribution in [0, 0.1) is 0 Å².